The Bertz CT molecular complexity index is 561. The van der Waals surface area contributed by atoms with Crippen molar-refractivity contribution in [3.8, 4) is 0 Å². The largest absolute Gasteiger partial charge is 0.396 e. The molecule has 0 amide bonds. The second-order valence-corrected chi connectivity index (χ2v) is 5.89. The molecule has 7 nitrogen and oxygen atoms in total. The monoisotopic (exact) mass is 287 g/mol. The molecule has 0 bridgehead atoms. The summed E-state index contributed by atoms with van der Waals surface area (Å²) in [5.41, 5.74) is 6.60. The molecule has 1 heterocycles. The summed E-state index contributed by atoms with van der Waals surface area (Å²) in [4.78, 5) is 1.80. The maximum absolute atomic E-state index is 11.4. The molecule has 1 aromatic carbocycles. The van der Waals surface area contributed by atoms with Crippen molar-refractivity contribution in [1.82, 2.24) is 0 Å². The fraction of sp³-hybridized carbons (Fsp3) is 0.455. The second-order valence-electron chi connectivity index (χ2n) is 4.36. The molecule has 0 saturated carbocycles. The summed E-state index contributed by atoms with van der Waals surface area (Å²) in [5.74, 6) is 0. The minimum absolute atomic E-state index is 0.0861. The number of morpholine rings is 1. The molecular weight excluding hydrogens is 270 g/mol. The Balaban J connectivity index is 2.35. The van der Waals surface area contributed by atoms with Crippen molar-refractivity contribution in [2.24, 2.45) is 5.14 Å². The summed E-state index contributed by atoms with van der Waals surface area (Å²) in [5, 5.41) is 14.2. The average molecular weight is 287 g/mol. The molecule has 1 unspecified atom stereocenters. The van der Waals surface area contributed by atoms with E-state index < -0.39 is 10.0 Å². The molecule has 1 saturated heterocycles. The zero-order valence-electron chi connectivity index (χ0n) is 10.3. The van der Waals surface area contributed by atoms with Crippen molar-refractivity contribution in [3.05, 3.63) is 18.2 Å². The lowest BCUT2D eigenvalue weighted by Gasteiger charge is -2.34. The SMILES string of the molecule is Nc1c(N2CCOC(CO)C2)cccc1S(N)(=O)=O. The molecule has 2 rings (SSSR count). The fourth-order valence-corrected chi connectivity index (χ4v) is 2.78. The second kappa shape index (κ2) is 5.33. The zero-order valence-corrected chi connectivity index (χ0v) is 11.1. The van der Waals surface area contributed by atoms with E-state index in [2.05, 4.69) is 0 Å². The molecule has 1 aliphatic heterocycles. The molecule has 8 heteroatoms. The van der Waals surface area contributed by atoms with E-state index in [-0.39, 0.29) is 23.3 Å². The van der Waals surface area contributed by atoms with Crippen LogP contribution in [0.5, 0.6) is 0 Å². The van der Waals surface area contributed by atoms with Gasteiger partial charge in [-0.05, 0) is 12.1 Å². The third kappa shape index (κ3) is 2.98. The first-order valence-electron chi connectivity index (χ1n) is 5.82. The van der Waals surface area contributed by atoms with Crippen LogP contribution in [-0.2, 0) is 14.8 Å². The van der Waals surface area contributed by atoms with Crippen LogP contribution in [0.25, 0.3) is 0 Å². The Hall–Kier alpha value is -1.35. The topological polar surface area (TPSA) is 119 Å². The lowest BCUT2D eigenvalue weighted by Crippen LogP contribution is -2.44. The van der Waals surface area contributed by atoms with Crippen LogP contribution >= 0.6 is 0 Å². The number of para-hydroxylation sites is 1. The number of aliphatic hydroxyl groups is 1. The lowest BCUT2D eigenvalue weighted by atomic mass is 10.2. The summed E-state index contributed by atoms with van der Waals surface area (Å²) in [6.07, 6.45) is -0.300. The van der Waals surface area contributed by atoms with E-state index >= 15 is 0 Å². The van der Waals surface area contributed by atoms with Gasteiger partial charge in [0.2, 0.25) is 10.0 Å². The van der Waals surface area contributed by atoms with E-state index in [1.165, 1.54) is 6.07 Å². The van der Waals surface area contributed by atoms with Crippen LogP contribution in [0.1, 0.15) is 0 Å². The molecule has 19 heavy (non-hydrogen) atoms. The molecule has 0 aliphatic carbocycles. The van der Waals surface area contributed by atoms with E-state index in [1.807, 2.05) is 4.90 Å². The van der Waals surface area contributed by atoms with Gasteiger partial charge in [-0.25, -0.2) is 13.6 Å². The highest BCUT2D eigenvalue weighted by atomic mass is 32.2. The molecule has 0 spiro atoms. The van der Waals surface area contributed by atoms with Gasteiger partial charge in [-0.15, -0.1) is 0 Å². The summed E-state index contributed by atoms with van der Waals surface area (Å²) in [6, 6.07) is 4.69. The number of ether oxygens (including phenoxy) is 1. The Morgan fingerprint density at radius 2 is 2.21 bits per heavy atom. The predicted molar refractivity (Wildman–Crippen MR) is 71.3 cm³/mol. The van der Waals surface area contributed by atoms with E-state index in [9.17, 15) is 8.42 Å². The summed E-state index contributed by atoms with van der Waals surface area (Å²) >= 11 is 0. The predicted octanol–water partition coefficient (Wildman–Crippen LogP) is -0.886. The third-order valence-electron chi connectivity index (χ3n) is 3.03. The van der Waals surface area contributed by atoms with Gasteiger partial charge in [-0.2, -0.15) is 0 Å². The van der Waals surface area contributed by atoms with Crippen molar-refractivity contribution < 1.29 is 18.3 Å². The minimum atomic E-state index is -3.85. The smallest absolute Gasteiger partial charge is 0.240 e. The standard InChI is InChI=1S/C11H17N3O4S/c12-11-9(2-1-3-10(11)19(13,16)17)14-4-5-18-8(6-14)7-15/h1-3,8,15H,4-7,12H2,(H2,13,16,17). The summed E-state index contributed by atoms with van der Waals surface area (Å²) < 4.78 is 28.2. The third-order valence-corrected chi connectivity index (χ3v) is 4.00. The fourth-order valence-electron chi connectivity index (χ4n) is 2.10. The number of aliphatic hydroxyl groups excluding tert-OH is 1. The number of nitrogens with zero attached hydrogens (tertiary/aromatic N) is 1. The summed E-state index contributed by atoms with van der Waals surface area (Å²) in [7, 11) is -3.85. The highest BCUT2D eigenvalue weighted by Crippen LogP contribution is 2.30. The number of rotatable bonds is 3. The van der Waals surface area contributed by atoms with Crippen LogP contribution in [0, 0.1) is 0 Å². The quantitative estimate of drug-likeness (QED) is 0.621. The number of benzene rings is 1. The average Bonchev–Trinajstić information content (AvgIpc) is 2.37. The number of nitrogens with two attached hydrogens (primary N) is 2. The lowest BCUT2D eigenvalue weighted by molar-refractivity contribution is 0.00360. The molecule has 1 atom stereocenters. The highest BCUT2D eigenvalue weighted by Gasteiger charge is 2.23. The van der Waals surface area contributed by atoms with Crippen LogP contribution in [0.15, 0.2) is 23.1 Å². The van der Waals surface area contributed by atoms with Gasteiger partial charge in [0.15, 0.2) is 0 Å². The molecule has 1 fully saturated rings. The van der Waals surface area contributed by atoms with Gasteiger partial charge in [0, 0.05) is 13.1 Å². The Kier molecular flexibility index (Phi) is 3.95. The van der Waals surface area contributed by atoms with E-state index in [0.29, 0.717) is 25.4 Å². The van der Waals surface area contributed by atoms with Gasteiger partial charge in [-0.1, -0.05) is 6.07 Å². The number of sulfonamides is 1. The van der Waals surface area contributed by atoms with Gasteiger partial charge in [-0.3, -0.25) is 0 Å². The van der Waals surface area contributed by atoms with Crippen molar-refractivity contribution in [2.75, 3.05) is 36.9 Å². The van der Waals surface area contributed by atoms with Gasteiger partial charge >= 0.3 is 0 Å². The van der Waals surface area contributed by atoms with Crippen molar-refractivity contribution in [3.63, 3.8) is 0 Å². The van der Waals surface area contributed by atoms with Gasteiger partial charge in [0.05, 0.1) is 30.7 Å². The molecule has 1 aromatic rings. The minimum Gasteiger partial charge on any atom is -0.396 e. The number of anilines is 2. The molecule has 1 aliphatic rings. The van der Waals surface area contributed by atoms with Gasteiger partial charge < -0.3 is 20.5 Å². The van der Waals surface area contributed by atoms with Gasteiger partial charge in [0.1, 0.15) is 4.90 Å². The molecule has 106 valence electrons. The highest BCUT2D eigenvalue weighted by molar-refractivity contribution is 7.89. The Morgan fingerprint density at radius 3 is 2.84 bits per heavy atom. The van der Waals surface area contributed by atoms with Crippen LogP contribution in [0.3, 0.4) is 0 Å². The first kappa shape index (κ1) is 14.1. The number of nitrogen functional groups attached to an aromatic ring is 1. The Morgan fingerprint density at radius 1 is 1.47 bits per heavy atom. The number of hydrogen-bond donors (Lipinski definition) is 3. The number of primary sulfonamides is 1. The van der Waals surface area contributed by atoms with Crippen LogP contribution in [0.4, 0.5) is 11.4 Å². The first-order chi connectivity index (χ1) is 8.93. The number of hydrogen-bond acceptors (Lipinski definition) is 6. The molecular formula is C11H17N3O4S. The van der Waals surface area contributed by atoms with Crippen molar-refractivity contribution in [2.45, 2.75) is 11.0 Å². The van der Waals surface area contributed by atoms with E-state index in [0.717, 1.165) is 0 Å². The van der Waals surface area contributed by atoms with Crippen LogP contribution in [0.2, 0.25) is 0 Å². The molecule has 5 N–H and O–H groups in total. The van der Waals surface area contributed by atoms with Crippen molar-refractivity contribution in [1.29, 1.82) is 0 Å². The maximum Gasteiger partial charge on any atom is 0.240 e. The molecule has 0 radical (unpaired) electrons. The van der Waals surface area contributed by atoms with E-state index in [1.54, 1.807) is 12.1 Å². The van der Waals surface area contributed by atoms with Gasteiger partial charge in [0.25, 0.3) is 0 Å². The zero-order chi connectivity index (χ0) is 14.0. The Labute approximate surface area is 111 Å². The van der Waals surface area contributed by atoms with Crippen LogP contribution < -0.4 is 15.8 Å². The maximum atomic E-state index is 11.4. The summed E-state index contributed by atoms with van der Waals surface area (Å²) in [6.45, 7) is 1.39. The van der Waals surface area contributed by atoms with Crippen LogP contribution in [-0.4, -0.2) is 45.9 Å². The van der Waals surface area contributed by atoms with Crippen molar-refractivity contribution >= 4 is 21.4 Å². The first-order valence-corrected chi connectivity index (χ1v) is 7.37. The normalized spacial score (nSPS) is 20.5. The molecule has 0 aromatic heterocycles. The van der Waals surface area contributed by atoms with E-state index in [4.69, 9.17) is 20.7 Å².